The van der Waals surface area contributed by atoms with Gasteiger partial charge in [0.2, 0.25) is 0 Å². The minimum Gasteiger partial charge on any atom is -0.493 e. The molecule has 3 aliphatic heterocycles. The molecule has 9 nitrogen and oxygen atoms in total. The number of aromatic amines is 1. The van der Waals surface area contributed by atoms with Crippen molar-refractivity contribution in [1.29, 1.82) is 0 Å². The lowest BCUT2D eigenvalue weighted by molar-refractivity contribution is -0.377. The lowest BCUT2D eigenvalue weighted by Crippen LogP contribution is -2.53. The molecular weight excluding hydrogens is 711 g/mol. The second kappa shape index (κ2) is 15.9. The number of nitrogens with one attached hydrogen (secondary N) is 1. The number of carbonyl (C=O) groups is 2. The first-order valence-electron chi connectivity index (χ1n) is 16.1. The van der Waals surface area contributed by atoms with Crippen LogP contribution in [0.1, 0.15) is 56.6 Å². The molecule has 2 bridgehead atoms. The Hall–Kier alpha value is -3.97. The van der Waals surface area contributed by atoms with Gasteiger partial charge in [-0.05, 0) is 73.8 Å². The highest BCUT2D eigenvalue weighted by Crippen LogP contribution is 2.37. The summed E-state index contributed by atoms with van der Waals surface area (Å²) in [6, 6.07) is 14.2. The fourth-order valence-corrected chi connectivity index (χ4v) is 7.79. The van der Waals surface area contributed by atoms with E-state index in [2.05, 4.69) is 9.88 Å². The molecule has 0 saturated carbocycles. The van der Waals surface area contributed by atoms with Crippen LogP contribution in [0, 0.1) is 5.92 Å². The summed E-state index contributed by atoms with van der Waals surface area (Å²) < 4.78 is 50.3. The number of ether oxygens (including phenoxy) is 4. The molecule has 5 heterocycles. The number of alkyl halides is 2. The topological polar surface area (TPSA) is 91.7 Å². The zero-order chi connectivity index (χ0) is 35.4. The van der Waals surface area contributed by atoms with Gasteiger partial charge in [-0.2, -0.15) is 0 Å². The minimum absolute atomic E-state index is 0.00455. The molecule has 0 unspecified atom stereocenters. The van der Waals surface area contributed by atoms with Crippen molar-refractivity contribution in [2.24, 2.45) is 5.92 Å². The summed E-state index contributed by atoms with van der Waals surface area (Å²) >= 11 is 14.1. The number of halogens is 4. The standard InChI is InChI=1S/C36H35Cl2F2N3O6S/c1-46-29-8-6-22(15-31(29)47-2)30(16-26-27(37)17-41-18-28(26)38)48-35(44)33-9-7-25(50-33)19-43(24-5-3-4-23(14-24)34(39)40)36(45)49-32-20-42-12-10-21(32)11-13-42/h3-9,14-15,17-18,21,30,32,34H,10-13,16,19-20H2,1-2H3/p+1/t30-,32-/m0/s1. The zero-order valence-corrected chi connectivity index (χ0v) is 29.7. The third kappa shape index (κ3) is 8.15. The normalized spacial score (nSPS) is 18.8. The zero-order valence-electron chi connectivity index (χ0n) is 27.4. The van der Waals surface area contributed by atoms with Gasteiger partial charge in [0.1, 0.15) is 27.1 Å². The number of pyridine rings is 1. The number of H-pyrrole nitrogens is 1. The number of carbonyl (C=O) groups excluding carboxylic acids is 2. The number of benzene rings is 2. The minimum atomic E-state index is -2.71. The summed E-state index contributed by atoms with van der Waals surface area (Å²) in [4.78, 5) is 34.8. The molecule has 1 N–H and O–H groups in total. The highest BCUT2D eigenvalue weighted by atomic mass is 35.5. The van der Waals surface area contributed by atoms with Gasteiger partial charge in [-0.25, -0.2) is 23.4 Å². The number of amides is 1. The van der Waals surface area contributed by atoms with E-state index in [1.807, 2.05) is 0 Å². The fraction of sp³-hybridized carbons (Fsp3) is 0.361. The second-order valence-electron chi connectivity index (χ2n) is 12.2. The largest absolute Gasteiger partial charge is 0.493 e. The average Bonchev–Trinajstić information content (AvgIpc) is 3.61. The van der Waals surface area contributed by atoms with Crippen molar-refractivity contribution in [2.45, 2.75) is 44.4 Å². The highest BCUT2D eigenvalue weighted by Gasteiger charge is 2.37. The maximum absolute atomic E-state index is 13.7. The number of anilines is 1. The Morgan fingerprint density at radius 2 is 1.72 bits per heavy atom. The first kappa shape index (κ1) is 35.8. The Morgan fingerprint density at radius 3 is 2.38 bits per heavy atom. The lowest BCUT2D eigenvalue weighted by atomic mass is 9.86. The van der Waals surface area contributed by atoms with E-state index in [-0.39, 0.29) is 41.1 Å². The van der Waals surface area contributed by atoms with Crippen molar-refractivity contribution in [3.63, 3.8) is 0 Å². The summed E-state index contributed by atoms with van der Waals surface area (Å²) in [5, 5.41) is 0.747. The van der Waals surface area contributed by atoms with Gasteiger partial charge in [-0.15, -0.1) is 11.3 Å². The lowest BCUT2D eigenvalue weighted by Gasteiger charge is -2.44. The van der Waals surface area contributed by atoms with Gasteiger partial charge in [0, 0.05) is 34.7 Å². The van der Waals surface area contributed by atoms with Crippen molar-refractivity contribution in [3.8, 4) is 11.5 Å². The molecule has 50 heavy (non-hydrogen) atoms. The number of nitrogens with zero attached hydrogens (tertiary/aromatic N) is 2. The molecule has 3 saturated heterocycles. The van der Waals surface area contributed by atoms with E-state index in [1.54, 1.807) is 48.8 Å². The van der Waals surface area contributed by atoms with Crippen molar-refractivity contribution in [3.05, 3.63) is 103 Å². The molecule has 1 amide bonds. The van der Waals surface area contributed by atoms with Crippen molar-refractivity contribution in [1.82, 2.24) is 4.90 Å². The van der Waals surface area contributed by atoms with Gasteiger partial charge in [0.15, 0.2) is 23.9 Å². The molecule has 3 aliphatic rings. The van der Waals surface area contributed by atoms with Gasteiger partial charge in [-0.1, -0.05) is 41.4 Å². The fourth-order valence-electron chi connectivity index (χ4n) is 6.38. The molecule has 2 aromatic carbocycles. The average molecular weight is 748 g/mol. The van der Waals surface area contributed by atoms with E-state index in [4.69, 9.17) is 42.1 Å². The molecule has 0 radical (unpaired) electrons. The van der Waals surface area contributed by atoms with E-state index in [1.165, 1.54) is 37.3 Å². The van der Waals surface area contributed by atoms with Crippen LogP contribution in [-0.2, 0) is 22.4 Å². The SMILES string of the molecule is COc1ccc([C@H](Cc2c(Cl)c[nH+]cc2Cl)OC(=O)c2ccc(CN(C(=O)O[C@H]3CN4CCC3CC4)c3cccc(C(F)F)c3)s2)cc1OC. The molecule has 264 valence electrons. The Kier molecular flexibility index (Phi) is 11.4. The molecule has 2 atom stereocenters. The van der Waals surface area contributed by atoms with Gasteiger partial charge in [0.05, 0.1) is 20.8 Å². The first-order valence-corrected chi connectivity index (χ1v) is 17.6. The van der Waals surface area contributed by atoms with Crippen molar-refractivity contribution < 1.29 is 42.3 Å². The molecule has 0 spiro atoms. The van der Waals surface area contributed by atoms with Gasteiger partial charge < -0.3 is 18.9 Å². The molecule has 14 heteroatoms. The van der Waals surface area contributed by atoms with Crippen LogP contribution in [0.4, 0.5) is 19.3 Å². The number of rotatable bonds is 12. The Balaban J connectivity index is 1.24. The molecule has 3 fully saturated rings. The van der Waals surface area contributed by atoms with Crippen LogP contribution in [0.15, 0.2) is 67.0 Å². The maximum Gasteiger partial charge on any atom is 0.414 e. The van der Waals surface area contributed by atoms with Crippen molar-refractivity contribution >= 4 is 52.3 Å². The van der Waals surface area contributed by atoms with Gasteiger partial charge >= 0.3 is 12.1 Å². The number of methoxy groups -OCH3 is 2. The number of piperidine rings is 3. The monoisotopic (exact) mass is 746 g/mol. The Labute approximate surface area is 302 Å². The number of esters is 1. The van der Waals surface area contributed by atoms with E-state index in [9.17, 15) is 18.4 Å². The van der Waals surface area contributed by atoms with Crippen LogP contribution in [0.2, 0.25) is 10.0 Å². The van der Waals surface area contributed by atoms with Crippen molar-refractivity contribution in [2.75, 3.05) is 38.8 Å². The predicted octanol–water partition coefficient (Wildman–Crippen LogP) is 8.20. The number of aromatic nitrogens is 1. The predicted molar refractivity (Wildman–Crippen MR) is 186 cm³/mol. The van der Waals surface area contributed by atoms with Gasteiger partial charge in [0.25, 0.3) is 6.43 Å². The second-order valence-corrected chi connectivity index (χ2v) is 14.1. The van der Waals surface area contributed by atoms with Crippen LogP contribution in [-0.4, -0.2) is 56.9 Å². The number of fused-ring (bicyclic) bond motifs is 3. The summed E-state index contributed by atoms with van der Waals surface area (Å²) in [5.41, 5.74) is 1.26. The third-order valence-corrected chi connectivity index (χ3v) is 10.8. The summed E-state index contributed by atoms with van der Waals surface area (Å²) in [7, 11) is 3.04. The van der Waals surface area contributed by atoms with E-state index in [0.29, 0.717) is 44.1 Å². The first-order chi connectivity index (χ1) is 24.1. The Bertz CT molecular complexity index is 1820. The molecular formula is C36H36Cl2F2N3O6S+. The summed E-state index contributed by atoms with van der Waals surface area (Å²) in [5.74, 6) is 0.602. The highest BCUT2D eigenvalue weighted by molar-refractivity contribution is 7.14. The van der Waals surface area contributed by atoms with E-state index >= 15 is 0 Å². The van der Waals surface area contributed by atoms with E-state index < -0.39 is 24.6 Å². The number of thiophene rings is 1. The molecule has 7 rings (SSSR count). The van der Waals surface area contributed by atoms with Crippen LogP contribution >= 0.6 is 34.5 Å². The third-order valence-electron chi connectivity index (χ3n) is 9.09. The number of hydrogen-bond donors (Lipinski definition) is 0. The van der Waals surface area contributed by atoms with Crippen LogP contribution in [0.5, 0.6) is 11.5 Å². The smallest absolute Gasteiger partial charge is 0.414 e. The van der Waals surface area contributed by atoms with Gasteiger partial charge in [-0.3, -0.25) is 9.80 Å². The van der Waals surface area contributed by atoms with Crippen LogP contribution in [0.25, 0.3) is 0 Å². The molecule has 0 aliphatic carbocycles. The summed E-state index contributed by atoms with van der Waals surface area (Å²) in [6.07, 6.45) is 0.781. The van der Waals surface area contributed by atoms with Crippen LogP contribution in [0.3, 0.4) is 0 Å². The summed E-state index contributed by atoms with van der Waals surface area (Å²) in [6.45, 7) is 2.60. The number of hydrogen-bond acceptors (Lipinski definition) is 8. The quantitative estimate of drug-likeness (QED) is 0.135. The van der Waals surface area contributed by atoms with Crippen LogP contribution < -0.4 is 19.4 Å². The maximum atomic E-state index is 13.7. The molecule has 2 aromatic heterocycles. The molecule has 4 aromatic rings. The Morgan fingerprint density at radius 1 is 0.980 bits per heavy atom. The van der Waals surface area contributed by atoms with E-state index in [0.717, 1.165) is 37.3 Å².